The summed E-state index contributed by atoms with van der Waals surface area (Å²) in [5, 5.41) is 9.32. The molecule has 0 atom stereocenters. The number of amides is 2. The van der Waals surface area contributed by atoms with Gasteiger partial charge >= 0.3 is 11.8 Å². The average molecular weight is 410 g/mol. The van der Waals surface area contributed by atoms with Crippen molar-refractivity contribution in [3.63, 3.8) is 0 Å². The minimum atomic E-state index is -0.825. The number of para-hydroxylation sites is 2. The quantitative estimate of drug-likeness (QED) is 0.606. The number of nitrogens with zero attached hydrogens (tertiary/aromatic N) is 2. The van der Waals surface area contributed by atoms with Crippen molar-refractivity contribution in [3.8, 4) is 28.5 Å². The van der Waals surface area contributed by atoms with Gasteiger partial charge in [0.15, 0.2) is 5.75 Å². The lowest BCUT2D eigenvalue weighted by Crippen LogP contribution is -2.29. The summed E-state index contributed by atoms with van der Waals surface area (Å²) in [5.41, 5.74) is 2.13. The topological polar surface area (TPSA) is 104 Å². The second kappa shape index (κ2) is 8.99. The molecule has 2 aromatic carbocycles. The number of rotatable bonds is 6. The summed E-state index contributed by atoms with van der Waals surface area (Å²) in [6.45, 7) is 0. The summed E-state index contributed by atoms with van der Waals surface area (Å²) in [7, 11) is 6.33. The number of anilines is 2. The first-order chi connectivity index (χ1) is 14.5. The van der Waals surface area contributed by atoms with E-state index in [-0.39, 0.29) is 0 Å². The van der Waals surface area contributed by atoms with Crippen LogP contribution in [0.5, 0.6) is 17.2 Å². The number of hydrogen-bond donors (Lipinski definition) is 2. The molecule has 3 rings (SSSR count). The number of methoxy groups -OCH3 is 3. The average Bonchev–Trinajstić information content (AvgIpc) is 3.14. The molecule has 0 saturated heterocycles. The van der Waals surface area contributed by atoms with Crippen molar-refractivity contribution in [2.45, 2.75) is 0 Å². The number of benzene rings is 2. The number of nitrogens with one attached hydrogen (secondary N) is 2. The number of carbonyl (C=O) groups excluding carboxylic acids is 2. The van der Waals surface area contributed by atoms with Gasteiger partial charge in [0.1, 0.15) is 17.2 Å². The molecule has 0 aliphatic heterocycles. The molecule has 0 radical (unpaired) electrons. The lowest BCUT2D eigenvalue weighted by molar-refractivity contribution is -0.133. The van der Waals surface area contributed by atoms with Crippen LogP contribution in [-0.2, 0) is 16.6 Å². The maximum atomic E-state index is 12.4. The third-order valence-corrected chi connectivity index (χ3v) is 4.40. The van der Waals surface area contributed by atoms with Crippen LogP contribution in [-0.4, -0.2) is 42.9 Å². The molecule has 156 valence electrons. The van der Waals surface area contributed by atoms with Gasteiger partial charge in [-0.1, -0.05) is 12.1 Å². The Morgan fingerprint density at radius 1 is 0.867 bits per heavy atom. The van der Waals surface area contributed by atoms with Crippen molar-refractivity contribution in [2.75, 3.05) is 32.0 Å². The molecule has 0 unspecified atom stereocenters. The first-order valence-corrected chi connectivity index (χ1v) is 8.98. The Kier molecular flexibility index (Phi) is 6.21. The summed E-state index contributed by atoms with van der Waals surface area (Å²) in [6.07, 6.45) is 1.58. The standard InChI is InChI=1S/C21H22N4O5/c1-25-19(18(30-4)12-22-25)14-11-13(9-10-16(14)28-2)23-20(26)21(27)24-15-7-5-6-8-17(15)29-3/h5-12H,1-4H3,(H,23,26)(H,24,27). The van der Waals surface area contributed by atoms with E-state index in [9.17, 15) is 9.59 Å². The lowest BCUT2D eigenvalue weighted by atomic mass is 10.1. The monoisotopic (exact) mass is 410 g/mol. The van der Waals surface area contributed by atoms with Crippen molar-refractivity contribution < 1.29 is 23.8 Å². The van der Waals surface area contributed by atoms with Gasteiger partial charge in [0, 0.05) is 18.3 Å². The van der Waals surface area contributed by atoms with Crippen LogP contribution in [0.25, 0.3) is 11.3 Å². The fourth-order valence-corrected chi connectivity index (χ4v) is 2.96. The maximum Gasteiger partial charge on any atom is 0.314 e. The maximum absolute atomic E-state index is 12.4. The van der Waals surface area contributed by atoms with Crippen LogP contribution in [0, 0.1) is 0 Å². The lowest BCUT2D eigenvalue weighted by Gasteiger charge is -2.13. The van der Waals surface area contributed by atoms with E-state index >= 15 is 0 Å². The fraction of sp³-hybridized carbons (Fsp3) is 0.190. The van der Waals surface area contributed by atoms with Crippen molar-refractivity contribution in [3.05, 3.63) is 48.7 Å². The summed E-state index contributed by atoms with van der Waals surface area (Å²) in [5.74, 6) is -0.0840. The van der Waals surface area contributed by atoms with Gasteiger partial charge in [-0.15, -0.1) is 0 Å². The minimum Gasteiger partial charge on any atom is -0.496 e. The second-order valence-electron chi connectivity index (χ2n) is 6.21. The molecule has 0 aliphatic carbocycles. The Bertz CT molecular complexity index is 1080. The smallest absolute Gasteiger partial charge is 0.314 e. The number of hydrogen-bond acceptors (Lipinski definition) is 6. The van der Waals surface area contributed by atoms with Gasteiger partial charge in [-0.3, -0.25) is 14.3 Å². The highest BCUT2D eigenvalue weighted by molar-refractivity contribution is 6.43. The molecule has 9 nitrogen and oxygen atoms in total. The summed E-state index contributed by atoms with van der Waals surface area (Å²) < 4.78 is 17.6. The molecule has 0 aliphatic rings. The molecule has 3 aromatic rings. The number of aryl methyl sites for hydroxylation is 1. The van der Waals surface area contributed by atoms with Crippen LogP contribution < -0.4 is 24.8 Å². The van der Waals surface area contributed by atoms with Gasteiger partial charge in [0.25, 0.3) is 0 Å². The molecule has 1 heterocycles. The summed E-state index contributed by atoms with van der Waals surface area (Å²) in [6, 6.07) is 11.8. The summed E-state index contributed by atoms with van der Waals surface area (Å²) in [4.78, 5) is 24.8. The van der Waals surface area contributed by atoms with E-state index < -0.39 is 11.8 Å². The van der Waals surface area contributed by atoms with Gasteiger partial charge < -0.3 is 24.8 Å². The van der Waals surface area contributed by atoms with Crippen LogP contribution in [0.15, 0.2) is 48.7 Å². The first kappa shape index (κ1) is 20.7. The minimum absolute atomic E-state index is 0.398. The first-order valence-electron chi connectivity index (χ1n) is 8.98. The highest BCUT2D eigenvalue weighted by Crippen LogP contribution is 2.37. The van der Waals surface area contributed by atoms with Crippen LogP contribution in [0.4, 0.5) is 11.4 Å². The molecule has 0 spiro atoms. The summed E-state index contributed by atoms with van der Waals surface area (Å²) >= 11 is 0. The van der Waals surface area contributed by atoms with Gasteiger partial charge in [-0.05, 0) is 30.3 Å². The van der Waals surface area contributed by atoms with E-state index in [0.29, 0.717) is 39.9 Å². The van der Waals surface area contributed by atoms with Crippen molar-refractivity contribution in [1.29, 1.82) is 0 Å². The van der Waals surface area contributed by atoms with E-state index in [1.54, 1.807) is 74.6 Å². The van der Waals surface area contributed by atoms with E-state index in [1.807, 2.05) is 0 Å². The predicted molar refractivity (Wildman–Crippen MR) is 112 cm³/mol. The van der Waals surface area contributed by atoms with Gasteiger partial charge in [0.05, 0.1) is 33.2 Å². The Morgan fingerprint density at radius 3 is 2.23 bits per heavy atom. The zero-order valence-electron chi connectivity index (χ0n) is 17.1. The van der Waals surface area contributed by atoms with Crippen LogP contribution >= 0.6 is 0 Å². The van der Waals surface area contributed by atoms with Crippen molar-refractivity contribution >= 4 is 23.2 Å². The van der Waals surface area contributed by atoms with E-state index in [2.05, 4.69) is 15.7 Å². The molecule has 2 amide bonds. The number of ether oxygens (including phenoxy) is 3. The third-order valence-electron chi connectivity index (χ3n) is 4.40. The third kappa shape index (κ3) is 4.19. The predicted octanol–water partition coefficient (Wildman–Crippen LogP) is 2.69. The van der Waals surface area contributed by atoms with Gasteiger partial charge in [-0.25, -0.2) is 0 Å². The Morgan fingerprint density at radius 2 is 1.53 bits per heavy atom. The zero-order valence-corrected chi connectivity index (χ0v) is 17.1. The van der Waals surface area contributed by atoms with E-state index in [4.69, 9.17) is 14.2 Å². The molecule has 0 saturated carbocycles. The molecule has 0 fully saturated rings. The van der Waals surface area contributed by atoms with Gasteiger partial charge in [-0.2, -0.15) is 5.10 Å². The second-order valence-corrected chi connectivity index (χ2v) is 6.21. The number of aromatic nitrogens is 2. The van der Waals surface area contributed by atoms with Crippen LogP contribution in [0.1, 0.15) is 0 Å². The molecule has 9 heteroatoms. The van der Waals surface area contributed by atoms with Crippen molar-refractivity contribution in [2.24, 2.45) is 7.05 Å². The Balaban J connectivity index is 1.84. The van der Waals surface area contributed by atoms with Gasteiger partial charge in [0.2, 0.25) is 0 Å². The Hall–Kier alpha value is -4.01. The zero-order chi connectivity index (χ0) is 21.7. The van der Waals surface area contributed by atoms with Crippen LogP contribution in [0.3, 0.4) is 0 Å². The molecule has 0 bridgehead atoms. The SMILES string of the molecule is COc1ccccc1NC(=O)C(=O)Nc1ccc(OC)c(-c2c(OC)cnn2C)c1. The molecule has 30 heavy (non-hydrogen) atoms. The Labute approximate surface area is 173 Å². The van der Waals surface area contributed by atoms with Crippen LogP contribution in [0.2, 0.25) is 0 Å². The molecular formula is C21H22N4O5. The fourth-order valence-electron chi connectivity index (χ4n) is 2.96. The number of carbonyl (C=O) groups is 2. The highest BCUT2D eigenvalue weighted by Gasteiger charge is 2.19. The van der Waals surface area contributed by atoms with Crippen molar-refractivity contribution in [1.82, 2.24) is 9.78 Å². The normalized spacial score (nSPS) is 10.3. The highest BCUT2D eigenvalue weighted by atomic mass is 16.5. The van der Waals surface area contributed by atoms with E-state index in [0.717, 1.165) is 0 Å². The largest absolute Gasteiger partial charge is 0.496 e. The molecule has 2 N–H and O–H groups in total. The molecular weight excluding hydrogens is 388 g/mol. The molecule has 1 aromatic heterocycles. The van der Waals surface area contributed by atoms with E-state index in [1.165, 1.54) is 7.11 Å².